The molecule has 0 amide bonds. The molecule has 98 valence electrons. The van der Waals surface area contributed by atoms with Gasteiger partial charge < -0.3 is 10.2 Å². The van der Waals surface area contributed by atoms with E-state index in [1.807, 2.05) is 24.3 Å². The van der Waals surface area contributed by atoms with Gasteiger partial charge in [0.25, 0.3) is 0 Å². The average Bonchev–Trinajstić information content (AvgIpc) is 2.48. The van der Waals surface area contributed by atoms with Gasteiger partial charge in [-0.1, -0.05) is 54.6 Å². The van der Waals surface area contributed by atoms with E-state index in [0.717, 1.165) is 11.1 Å². The van der Waals surface area contributed by atoms with E-state index >= 15 is 0 Å². The SMILES string of the molecule is Oc1ccc(/C=C/c2ccc3ccccc3c2)cc1O. The van der Waals surface area contributed by atoms with Gasteiger partial charge in [0, 0.05) is 0 Å². The van der Waals surface area contributed by atoms with Gasteiger partial charge in [0.1, 0.15) is 0 Å². The Morgan fingerprint density at radius 3 is 2.00 bits per heavy atom. The molecule has 0 aliphatic heterocycles. The van der Waals surface area contributed by atoms with E-state index in [4.69, 9.17) is 0 Å². The summed E-state index contributed by atoms with van der Waals surface area (Å²) in [7, 11) is 0. The molecule has 0 saturated heterocycles. The fourth-order valence-corrected chi connectivity index (χ4v) is 2.15. The van der Waals surface area contributed by atoms with Gasteiger partial charge in [-0.2, -0.15) is 0 Å². The van der Waals surface area contributed by atoms with Crippen LogP contribution in [-0.4, -0.2) is 10.2 Å². The molecule has 20 heavy (non-hydrogen) atoms. The molecule has 0 aliphatic rings. The van der Waals surface area contributed by atoms with E-state index in [-0.39, 0.29) is 11.5 Å². The molecular weight excluding hydrogens is 248 g/mol. The molecule has 2 N–H and O–H groups in total. The van der Waals surface area contributed by atoms with Crippen LogP contribution in [0.3, 0.4) is 0 Å². The van der Waals surface area contributed by atoms with E-state index in [0.29, 0.717) is 0 Å². The van der Waals surface area contributed by atoms with Gasteiger partial charge in [-0.25, -0.2) is 0 Å². The maximum Gasteiger partial charge on any atom is 0.157 e. The fourth-order valence-electron chi connectivity index (χ4n) is 2.15. The second-order valence-electron chi connectivity index (χ2n) is 4.69. The van der Waals surface area contributed by atoms with Gasteiger partial charge in [-0.15, -0.1) is 0 Å². The van der Waals surface area contributed by atoms with Crippen LogP contribution < -0.4 is 0 Å². The first kappa shape index (κ1) is 12.3. The van der Waals surface area contributed by atoms with Gasteiger partial charge in [0.15, 0.2) is 11.5 Å². The maximum absolute atomic E-state index is 9.45. The second-order valence-corrected chi connectivity index (χ2v) is 4.69. The largest absolute Gasteiger partial charge is 0.504 e. The summed E-state index contributed by atoms with van der Waals surface area (Å²) in [5.41, 5.74) is 1.93. The van der Waals surface area contributed by atoms with Crippen molar-refractivity contribution in [3.8, 4) is 11.5 Å². The first-order chi connectivity index (χ1) is 9.72. The van der Waals surface area contributed by atoms with Crippen molar-refractivity contribution in [3.05, 3.63) is 71.8 Å². The van der Waals surface area contributed by atoms with Crippen LogP contribution in [0.2, 0.25) is 0 Å². The summed E-state index contributed by atoms with van der Waals surface area (Å²) in [6.07, 6.45) is 3.89. The van der Waals surface area contributed by atoms with E-state index < -0.39 is 0 Å². The molecular formula is C18H14O2. The Morgan fingerprint density at radius 1 is 0.600 bits per heavy atom. The highest BCUT2D eigenvalue weighted by atomic mass is 16.3. The molecule has 0 aromatic heterocycles. The van der Waals surface area contributed by atoms with Crippen molar-refractivity contribution in [3.63, 3.8) is 0 Å². The predicted octanol–water partition coefficient (Wildman–Crippen LogP) is 4.42. The standard InChI is InChI=1S/C18H14O2/c19-17-10-8-14(12-18(17)20)6-5-13-7-9-15-3-1-2-4-16(15)11-13/h1-12,19-20H/b6-5+. The zero-order valence-corrected chi connectivity index (χ0v) is 10.8. The van der Waals surface area contributed by atoms with E-state index in [2.05, 4.69) is 30.3 Å². The number of aromatic hydroxyl groups is 2. The van der Waals surface area contributed by atoms with Crippen LogP contribution in [0, 0.1) is 0 Å². The molecule has 3 aromatic carbocycles. The number of benzene rings is 3. The molecule has 2 heteroatoms. The highest BCUT2D eigenvalue weighted by molar-refractivity contribution is 5.86. The lowest BCUT2D eigenvalue weighted by atomic mass is 10.1. The molecule has 0 heterocycles. The summed E-state index contributed by atoms with van der Waals surface area (Å²) in [6, 6.07) is 19.2. The monoisotopic (exact) mass is 262 g/mol. The first-order valence-corrected chi connectivity index (χ1v) is 6.41. The third kappa shape index (κ3) is 2.50. The maximum atomic E-state index is 9.45. The molecule has 0 spiro atoms. The quantitative estimate of drug-likeness (QED) is 0.530. The molecule has 3 rings (SSSR count). The second kappa shape index (κ2) is 5.10. The number of rotatable bonds is 2. The van der Waals surface area contributed by atoms with Crippen LogP contribution >= 0.6 is 0 Å². The Morgan fingerprint density at radius 2 is 1.25 bits per heavy atom. The zero-order chi connectivity index (χ0) is 13.9. The van der Waals surface area contributed by atoms with Crippen molar-refractivity contribution in [2.45, 2.75) is 0 Å². The Hall–Kier alpha value is -2.74. The molecule has 0 fully saturated rings. The Bertz CT molecular complexity index is 788. The fraction of sp³-hybridized carbons (Fsp3) is 0. The summed E-state index contributed by atoms with van der Waals surface area (Å²) in [5.74, 6) is -0.210. The van der Waals surface area contributed by atoms with Crippen molar-refractivity contribution >= 4 is 22.9 Å². The van der Waals surface area contributed by atoms with Gasteiger partial charge in [-0.05, 0) is 40.1 Å². The van der Waals surface area contributed by atoms with Crippen molar-refractivity contribution in [1.29, 1.82) is 0 Å². The highest BCUT2D eigenvalue weighted by Gasteiger charge is 1.98. The smallest absolute Gasteiger partial charge is 0.157 e. The summed E-state index contributed by atoms with van der Waals surface area (Å²) in [6.45, 7) is 0. The summed E-state index contributed by atoms with van der Waals surface area (Å²) >= 11 is 0. The van der Waals surface area contributed by atoms with Crippen LogP contribution in [0.1, 0.15) is 11.1 Å². The van der Waals surface area contributed by atoms with Crippen molar-refractivity contribution < 1.29 is 10.2 Å². The minimum absolute atomic E-state index is 0.104. The number of hydrogen-bond donors (Lipinski definition) is 2. The van der Waals surface area contributed by atoms with Crippen LogP contribution in [0.5, 0.6) is 11.5 Å². The summed E-state index contributed by atoms with van der Waals surface area (Å²) in [5, 5.41) is 21.1. The van der Waals surface area contributed by atoms with Crippen molar-refractivity contribution in [1.82, 2.24) is 0 Å². The molecule has 0 saturated carbocycles. The topological polar surface area (TPSA) is 40.5 Å². The van der Waals surface area contributed by atoms with Crippen LogP contribution in [0.15, 0.2) is 60.7 Å². The van der Waals surface area contributed by atoms with Crippen molar-refractivity contribution in [2.24, 2.45) is 0 Å². The molecule has 0 atom stereocenters. The lowest BCUT2D eigenvalue weighted by Crippen LogP contribution is -1.76. The Labute approximate surface area is 117 Å². The number of phenols is 2. The predicted molar refractivity (Wildman–Crippen MR) is 82.6 cm³/mol. The van der Waals surface area contributed by atoms with Gasteiger partial charge >= 0.3 is 0 Å². The molecule has 0 radical (unpaired) electrons. The molecule has 0 bridgehead atoms. The van der Waals surface area contributed by atoms with E-state index in [9.17, 15) is 10.2 Å². The van der Waals surface area contributed by atoms with E-state index in [1.54, 1.807) is 6.07 Å². The van der Waals surface area contributed by atoms with Crippen LogP contribution in [0.25, 0.3) is 22.9 Å². The van der Waals surface area contributed by atoms with Crippen molar-refractivity contribution in [2.75, 3.05) is 0 Å². The molecule has 2 nitrogen and oxygen atoms in total. The molecule has 0 aliphatic carbocycles. The minimum atomic E-state index is -0.106. The normalized spacial score (nSPS) is 11.2. The molecule has 3 aromatic rings. The average molecular weight is 262 g/mol. The summed E-state index contributed by atoms with van der Waals surface area (Å²) in [4.78, 5) is 0. The van der Waals surface area contributed by atoms with Crippen LogP contribution in [0.4, 0.5) is 0 Å². The Kier molecular flexibility index (Phi) is 3.13. The molecule has 0 unspecified atom stereocenters. The number of hydrogen-bond acceptors (Lipinski definition) is 2. The Balaban J connectivity index is 1.91. The highest BCUT2D eigenvalue weighted by Crippen LogP contribution is 2.26. The van der Waals surface area contributed by atoms with Gasteiger partial charge in [0.05, 0.1) is 0 Å². The van der Waals surface area contributed by atoms with Gasteiger partial charge in [0.2, 0.25) is 0 Å². The lowest BCUT2D eigenvalue weighted by Gasteiger charge is -2.00. The third-order valence-electron chi connectivity index (χ3n) is 3.24. The minimum Gasteiger partial charge on any atom is -0.504 e. The van der Waals surface area contributed by atoms with Gasteiger partial charge in [-0.3, -0.25) is 0 Å². The van der Waals surface area contributed by atoms with E-state index in [1.165, 1.54) is 22.9 Å². The zero-order valence-electron chi connectivity index (χ0n) is 10.8. The third-order valence-corrected chi connectivity index (χ3v) is 3.24. The number of phenolic OH excluding ortho intramolecular Hbond substituents is 2. The summed E-state index contributed by atoms with van der Waals surface area (Å²) < 4.78 is 0. The lowest BCUT2D eigenvalue weighted by molar-refractivity contribution is 0.403. The van der Waals surface area contributed by atoms with Crippen LogP contribution in [-0.2, 0) is 0 Å². The number of fused-ring (bicyclic) bond motifs is 1. The first-order valence-electron chi connectivity index (χ1n) is 6.41.